The van der Waals surface area contributed by atoms with Crippen molar-refractivity contribution in [2.75, 3.05) is 0 Å². The molecular formula is C10H12N2. The Balaban J connectivity index is 2.83. The van der Waals surface area contributed by atoms with Crippen molar-refractivity contribution >= 4 is 11.0 Å². The Kier molecular flexibility index (Phi) is 1.61. The van der Waals surface area contributed by atoms with E-state index in [1.807, 2.05) is 12.4 Å². The Morgan fingerprint density at radius 2 is 2.33 bits per heavy atom. The third kappa shape index (κ3) is 0.916. The second-order valence-corrected chi connectivity index (χ2v) is 3.01. The lowest BCUT2D eigenvalue weighted by molar-refractivity contribution is 1.11. The van der Waals surface area contributed by atoms with Crippen molar-refractivity contribution in [3.05, 3.63) is 29.6 Å². The summed E-state index contributed by atoms with van der Waals surface area (Å²) in [5, 5.41) is 1.26. The first-order valence-corrected chi connectivity index (χ1v) is 4.24. The summed E-state index contributed by atoms with van der Waals surface area (Å²) in [6, 6.07) is 2.09. The largest absolute Gasteiger partial charge is 0.346 e. The number of hydrogen-bond acceptors (Lipinski definition) is 1. The summed E-state index contributed by atoms with van der Waals surface area (Å²) in [5.74, 6) is 0. The molecule has 2 aromatic heterocycles. The SMILES string of the molecule is CCc1c(C)cnc2[nH]ccc12. The van der Waals surface area contributed by atoms with Crippen molar-refractivity contribution in [1.29, 1.82) is 0 Å². The molecule has 2 heterocycles. The maximum atomic E-state index is 4.29. The van der Waals surface area contributed by atoms with Crippen LogP contribution in [0, 0.1) is 6.92 Å². The molecule has 0 aromatic carbocycles. The van der Waals surface area contributed by atoms with Gasteiger partial charge in [-0.2, -0.15) is 0 Å². The van der Waals surface area contributed by atoms with Crippen LogP contribution in [0.25, 0.3) is 11.0 Å². The van der Waals surface area contributed by atoms with E-state index in [9.17, 15) is 0 Å². The van der Waals surface area contributed by atoms with E-state index in [4.69, 9.17) is 0 Å². The van der Waals surface area contributed by atoms with Gasteiger partial charge in [-0.1, -0.05) is 6.92 Å². The average Bonchev–Trinajstić information content (AvgIpc) is 2.52. The molecule has 0 fully saturated rings. The molecule has 0 aliphatic rings. The van der Waals surface area contributed by atoms with Crippen LogP contribution >= 0.6 is 0 Å². The Morgan fingerprint density at radius 1 is 1.50 bits per heavy atom. The maximum absolute atomic E-state index is 4.29. The van der Waals surface area contributed by atoms with Crippen LogP contribution in [0.1, 0.15) is 18.1 Å². The molecule has 2 nitrogen and oxygen atoms in total. The van der Waals surface area contributed by atoms with Crippen molar-refractivity contribution in [1.82, 2.24) is 9.97 Å². The van der Waals surface area contributed by atoms with Crippen LogP contribution in [0.5, 0.6) is 0 Å². The van der Waals surface area contributed by atoms with E-state index in [0.717, 1.165) is 12.1 Å². The van der Waals surface area contributed by atoms with Crippen LogP contribution in [0.4, 0.5) is 0 Å². The van der Waals surface area contributed by atoms with Gasteiger partial charge in [-0.15, -0.1) is 0 Å². The van der Waals surface area contributed by atoms with Crippen LogP contribution in [0.15, 0.2) is 18.5 Å². The van der Waals surface area contributed by atoms with Gasteiger partial charge in [0, 0.05) is 17.8 Å². The number of aromatic amines is 1. The van der Waals surface area contributed by atoms with Crippen molar-refractivity contribution < 1.29 is 0 Å². The summed E-state index contributed by atoms with van der Waals surface area (Å²) < 4.78 is 0. The van der Waals surface area contributed by atoms with Crippen LogP contribution < -0.4 is 0 Å². The first kappa shape index (κ1) is 7.35. The fourth-order valence-corrected chi connectivity index (χ4v) is 1.63. The molecule has 0 aliphatic carbocycles. The number of pyridine rings is 1. The van der Waals surface area contributed by atoms with Gasteiger partial charge in [0.2, 0.25) is 0 Å². The van der Waals surface area contributed by atoms with Gasteiger partial charge < -0.3 is 4.98 Å². The molecule has 0 spiro atoms. The Hall–Kier alpha value is -1.31. The third-order valence-corrected chi connectivity index (χ3v) is 2.27. The van der Waals surface area contributed by atoms with Crippen molar-refractivity contribution in [2.24, 2.45) is 0 Å². The van der Waals surface area contributed by atoms with Gasteiger partial charge in [-0.25, -0.2) is 4.98 Å². The molecule has 0 radical (unpaired) electrons. The first-order valence-electron chi connectivity index (χ1n) is 4.24. The highest BCUT2D eigenvalue weighted by atomic mass is 14.8. The highest BCUT2D eigenvalue weighted by molar-refractivity contribution is 5.80. The number of rotatable bonds is 1. The van der Waals surface area contributed by atoms with E-state index in [-0.39, 0.29) is 0 Å². The van der Waals surface area contributed by atoms with E-state index >= 15 is 0 Å². The molecule has 0 aliphatic heterocycles. The minimum Gasteiger partial charge on any atom is -0.346 e. The number of nitrogens with zero attached hydrogens (tertiary/aromatic N) is 1. The molecule has 12 heavy (non-hydrogen) atoms. The zero-order valence-electron chi connectivity index (χ0n) is 7.39. The van der Waals surface area contributed by atoms with E-state index in [0.29, 0.717) is 0 Å². The van der Waals surface area contributed by atoms with Gasteiger partial charge in [0.05, 0.1) is 0 Å². The van der Waals surface area contributed by atoms with Crippen molar-refractivity contribution in [3.8, 4) is 0 Å². The third-order valence-electron chi connectivity index (χ3n) is 2.27. The molecule has 0 bridgehead atoms. The molecule has 2 rings (SSSR count). The second kappa shape index (κ2) is 2.63. The Bertz CT molecular complexity index is 401. The van der Waals surface area contributed by atoms with Gasteiger partial charge in [0.25, 0.3) is 0 Å². The Morgan fingerprint density at radius 3 is 3.08 bits per heavy atom. The fourth-order valence-electron chi connectivity index (χ4n) is 1.63. The molecular weight excluding hydrogens is 148 g/mol. The second-order valence-electron chi connectivity index (χ2n) is 3.01. The first-order chi connectivity index (χ1) is 5.83. The van der Waals surface area contributed by atoms with Crippen LogP contribution in [0.3, 0.4) is 0 Å². The van der Waals surface area contributed by atoms with E-state index in [2.05, 4.69) is 29.9 Å². The van der Waals surface area contributed by atoms with E-state index < -0.39 is 0 Å². The normalized spacial score (nSPS) is 10.8. The number of nitrogens with one attached hydrogen (secondary N) is 1. The lowest BCUT2D eigenvalue weighted by Crippen LogP contribution is -1.89. The lowest BCUT2D eigenvalue weighted by atomic mass is 10.1. The fraction of sp³-hybridized carbons (Fsp3) is 0.300. The topological polar surface area (TPSA) is 28.7 Å². The summed E-state index contributed by atoms with van der Waals surface area (Å²) in [6.07, 6.45) is 4.94. The van der Waals surface area contributed by atoms with Crippen molar-refractivity contribution in [3.63, 3.8) is 0 Å². The van der Waals surface area contributed by atoms with Gasteiger partial charge in [0.1, 0.15) is 5.65 Å². The molecule has 0 unspecified atom stereocenters. The minimum atomic E-state index is 0.998. The standard InChI is InChI=1S/C10H12N2/c1-3-8-7(2)6-12-10-9(8)4-5-11-10/h4-6H,3H2,1-2H3,(H,11,12). The summed E-state index contributed by atoms with van der Waals surface area (Å²) in [5.41, 5.74) is 3.68. The maximum Gasteiger partial charge on any atom is 0.137 e. The predicted molar refractivity (Wildman–Crippen MR) is 50.2 cm³/mol. The van der Waals surface area contributed by atoms with Crippen LogP contribution in [-0.2, 0) is 6.42 Å². The van der Waals surface area contributed by atoms with Gasteiger partial charge in [-0.05, 0) is 30.5 Å². The summed E-state index contributed by atoms with van der Waals surface area (Å²) in [7, 11) is 0. The number of fused-ring (bicyclic) bond motifs is 1. The molecule has 0 saturated heterocycles. The number of H-pyrrole nitrogens is 1. The highest BCUT2D eigenvalue weighted by Crippen LogP contribution is 2.18. The molecule has 0 amide bonds. The molecule has 0 atom stereocenters. The molecule has 2 aromatic rings. The van der Waals surface area contributed by atoms with Crippen LogP contribution in [-0.4, -0.2) is 9.97 Å². The summed E-state index contributed by atoms with van der Waals surface area (Å²) in [4.78, 5) is 7.40. The summed E-state index contributed by atoms with van der Waals surface area (Å²) in [6.45, 7) is 4.28. The van der Waals surface area contributed by atoms with Gasteiger partial charge in [0.15, 0.2) is 0 Å². The Labute approximate surface area is 71.6 Å². The summed E-state index contributed by atoms with van der Waals surface area (Å²) >= 11 is 0. The smallest absolute Gasteiger partial charge is 0.137 e. The molecule has 1 N–H and O–H groups in total. The van der Waals surface area contributed by atoms with Gasteiger partial charge in [-0.3, -0.25) is 0 Å². The molecule has 0 saturated carbocycles. The number of hydrogen-bond donors (Lipinski definition) is 1. The average molecular weight is 160 g/mol. The zero-order valence-corrected chi connectivity index (χ0v) is 7.39. The van der Waals surface area contributed by atoms with Crippen molar-refractivity contribution in [2.45, 2.75) is 20.3 Å². The monoisotopic (exact) mass is 160 g/mol. The molecule has 2 heteroatoms. The van der Waals surface area contributed by atoms with Gasteiger partial charge >= 0.3 is 0 Å². The van der Waals surface area contributed by atoms with Crippen LogP contribution in [0.2, 0.25) is 0 Å². The van der Waals surface area contributed by atoms with E-state index in [1.165, 1.54) is 16.5 Å². The quantitative estimate of drug-likeness (QED) is 0.682. The number of aryl methyl sites for hydroxylation is 2. The lowest BCUT2D eigenvalue weighted by Gasteiger charge is -2.02. The predicted octanol–water partition coefficient (Wildman–Crippen LogP) is 2.43. The molecule has 62 valence electrons. The van der Waals surface area contributed by atoms with E-state index in [1.54, 1.807) is 0 Å². The highest BCUT2D eigenvalue weighted by Gasteiger charge is 2.03. The minimum absolute atomic E-state index is 0.998. The number of aromatic nitrogens is 2. The zero-order chi connectivity index (χ0) is 8.55.